The van der Waals surface area contributed by atoms with Crippen molar-refractivity contribution < 1.29 is 9.59 Å². The molecule has 2 unspecified atom stereocenters. The molecule has 0 heterocycles. The number of benzene rings is 1. The fraction of sp³-hybridized carbons (Fsp3) is 0.529. The molecule has 0 aliphatic rings. The molecule has 2 amide bonds. The maximum Gasteiger partial charge on any atom is 0.252 e. The van der Waals surface area contributed by atoms with Crippen molar-refractivity contribution in [2.24, 2.45) is 5.92 Å². The van der Waals surface area contributed by atoms with E-state index in [9.17, 15) is 9.59 Å². The molecule has 0 spiro atoms. The van der Waals surface area contributed by atoms with Gasteiger partial charge >= 0.3 is 0 Å². The molecule has 3 N–H and O–H groups in total. The van der Waals surface area contributed by atoms with Crippen molar-refractivity contribution in [2.75, 3.05) is 13.6 Å². The van der Waals surface area contributed by atoms with Gasteiger partial charge < -0.3 is 16.0 Å². The van der Waals surface area contributed by atoms with E-state index in [2.05, 4.69) is 16.0 Å². The van der Waals surface area contributed by atoms with Crippen molar-refractivity contribution in [2.45, 2.75) is 39.8 Å². The van der Waals surface area contributed by atoms with Gasteiger partial charge in [-0.15, -0.1) is 0 Å². The average molecular weight is 305 g/mol. The Morgan fingerprint density at radius 1 is 1.14 bits per heavy atom. The Morgan fingerprint density at radius 2 is 1.77 bits per heavy atom. The largest absolute Gasteiger partial charge is 0.353 e. The first-order valence-electron chi connectivity index (χ1n) is 7.68. The van der Waals surface area contributed by atoms with Gasteiger partial charge in [-0.25, -0.2) is 0 Å². The summed E-state index contributed by atoms with van der Waals surface area (Å²) in [7, 11) is 1.84. The molecule has 1 aromatic rings. The Hall–Kier alpha value is -1.88. The lowest BCUT2D eigenvalue weighted by atomic mass is 10.0. The monoisotopic (exact) mass is 305 g/mol. The minimum Gasteiger partial charge on any atom is -0.353 e. The topological polar surface area (TPSA) is 70.2 Å². The average Bonchev–Trinajstić information content (AvgIpc) is 2.49. The van der Waals surface area contributed by atoms with Gasteiger partial charge in [0.05, 0.1) is 0 Å². The van der Waals surface area contributed by atoms with Crippen molar-refractivity contribution in [3.8, 4) is 0 Å². The van der Waals surface area contributed by atoms with Crippen LogP contribution in [-0.4, -0.2) is 37.5 Å². The zero-order valence-electron chi connectivity index (χ0n) is 14.1. The molecule has 0 bridgehead atoms. The summed E-state index contributed by atoms with van der Waals surface area (Å²) in [5.74, 6) is -0.356. The first-order chi connectivity index (χ1) is 10.4. The third kappa shape index (κ3) is 5.15. The van der Waals surface area contributed by atoms with Crippen molar-refractivity contribution in [3.63, 3.8) is 0 Å². The van der Waals surface area contributed by atoms with Gasteiger partial charge in [0, 0.05) is 18.2 Å². The maximum absolute atomic E-state index is 12.4. The highest BCUT2D eigenvalue weighted by atomic mass is 16.2. The summed E-state index contributed by atoms with van der Waals surface area (Å²) in [6, 6.07) is 7.00. The molecule has 0 radical (unpaired) electrons. The second kappa shape index (κ2) is 8.54. The number of hydrogen-bond donors (Lipinski definition) is 3. The second-order valence-corrected chi connectivity index (χ2v) is 5.94. The molecule has 1 aromatic carbocycles. The highest BCUT2D eigenvalue weighted by Gasteiger charge is 2.25. The zero-order chi connectivity index (χ0) is 16.7. The fourth-order valence-corrected chi connectivity index (χ4v) is 2.05. The molecule has 0 saturated heterocycles. The number of hydrogen-bond acceptors (Lipinski definition) is 3. The lowest BCUT2D eigenvalue weighted by molar-refractivity contribution is -0.124. The van der Waals surface area contributed by atoms with Crippen molar-refractivity contribution in [3.05, 3.63) is 35.4 Å². The standard InChI is InChI=1S/C17H27N3O2/c1-11(2)15(17(22)19-10-13(4)18-5)20-16(21)14-9-7-6-8-12(14)3/h6-9,11,13,15,18H,10H2,1-5H3,(H,19,22)(H,20,21). The molecular weight excluding hydrogens is 278 g/mol. The van der Waals surface area contributed by atoms with Gasteiger partial charge in [-0.2, -0.15) is 0 Å². The Balaban J connectivity index is 2.74. The summed E-state index contributed by atoms with van der Waals surface area (Å²) in [5.41, 5.74) is 1.50. The number of carbonyl (C=O) groups is 2. The van der Waals surface area contributed by atoms with E-state index in [4.69, 9.17) is 0 Å². The molecule has 0 aliphatic heterocycles. The Kier molecular flexibility index (Phi) is 7.05. The minimum atomic E-state index is -0.545. The zero-order valence-corrected chi connectivity index (χ0v) is 14.1. The molecule has 0 aromatic heterocycles. The summed E-state index contributed by atoms with van der Waals surface area (Å²) >= 11 is 0. The number of likely N-dealkylation sites (N-methyl/N-ethyl adjacent to an activating group) is 1. The van der Waals surface area contributed by atoms with E-state index in [1.165, 1.54) is 0 Å². The molecule has 0 fully saturated rings. The third-order valence-corrected chi connectivity index (χ3v) is 3.70. The van der Waals surface area contributed by atoms with Crippen LogP contribution in [-0.2, 0) is 4.79 Å². The summed E-state index contributed by atoms with van der Waals surface area (Å²) in [6.45, 7) is 8.23. The summed E-state index contributed by atoms with van der Waals surface area (Å²) in [5, 5.41) is 8.77. The van der Waals surface area contributed by atoms with Crippen LogP contribution in [0, 0.1) is 12.8 Å². The second-order valence-electron chi connectivity index (χ2n) is 5.94. The van der Waals surface area contributed by atoms with Crippen LogP contribution in [0.15, 0.2) is 24.3 Å². The molecule has 5 heteroatoms. The number of rotatable bonds is 7. The van der Waals surface area contributed by atoms with Gasteiger partial charge in [-0.3, -0.25) is 9.59 Å². The number of amides is 2. The van der Waals surface area contributed by atoms with Crippen molar-refractivity contribution in [1.82, 2.24) is 16.0 Å². The van der Waals surface area contributed by atoms with Crippen molar-refractivity contribution >= 4 is 11.8 Å². The molecule has 5 nitrogen and oxygen atoms in total. The molecule has 22 heavy (non-hydrogen) atoms. The number of nitrogens with one attached hydrogen (secondary N) is 3. The van der Waals surface area contributed by atoms with Gasteiger partial charge in [0.25, 0.3) is 5.91 Å². The summed E-state index contributed by atoms with van der Waals surface area (Å²) < 4.78 is 0. The normalized spacial score (nSPS) is 13.5. The van der Waals surface area contributed by atoms with Gasteiger partial charge in [0.2, 0.25) is 5.91 Å². The van der Waals surface area contributed by atoms with Crippen molar-refractivity contribution in [1.29, 1.82) is 0 Å². The minimum absolute atomic E-state index is 0.0119. The van der Waals surface area contributed by atoms with Crippen LogP contribution in [0.1, 0.15) is 36.7 Å². The van der Waals surface area contributed by atoms with Crippen LogP contribution in [0.3, 0.4) is 0 Å². The Bertz CT molecular complexity index is 514. The van der Waals surface area contributed by atoms with E-state index in [0.717, 1.165) is 5.56 Å². The predicted octanol–water partition coefficient (Wildman–Crippen LogP) is 1.47. The fourth-order valence-electron chi connectivity index (χ4n) is 2.05. The van der Waals surface area contributed by atoms with Gasteiger partial charge in [0.15, 0.2) is 0 Å². The van der Waals surface area contributed by atoms with E-state index in [-0.39, 0.29) is 23.8 Å². The molecule has 0 saturated carbocycles. The molecule has 122 valence electrons. The SMILES string of the molecule is CNC(C)CNC(=O)C(NC(=O)c1ccccc1C)C(C)C. The first kappa shape index (κ1) is 18.2. The summed E-state index contributed by atoms with van der Waals surface area (Å²) in [4.78, 5) is 24.7. The Labute approximate surface area is 132 Å². The lowest BCUT2D eigenvalue weighted by Gasteiger charge is -2.23. The lowest BCUT2D eigenvalue weighted by Crippen LogP contribution is -2.51. The first-order valence-corrected chi connectivity index (χ1v) is 7.68. The van der Waals surface area contributed by atoms with Crippen LogP contribution in [0.2, 0.25) is 0 Å². The quantitative estimate of drug-likeness (QED) is 0.714. The number of aryl methyl sites for hydroxylation is 1. The van der Waals surface area contributed by atoms with E-state index in [0.29, 0.717) is 12.1 Å². The molecule has 2 atom stereocenters. The van der Waals surface area contributed by atoms with Gasteiger partial charge in [0.1, 0.15) is 6.04 Å². The van der Waals surface area contributed by atoms with E-state index >= 15 is 0 Å². The van der Waals surface area contributed by atoms with E-state index in [1.807, 2.05) is 52.9 Å². The molecular formula is C17H27N3O2. The highest BCUT2D eigenvalue weighted by Crippen LogP contribution is 2.09. The predicted molar refractivity (Wildman–Crippen MR) is 88.8 cm³/mol. The maximum atomic E-state index is 12.4. The van der Waals surface area contributed by atoms with E-state index < -0.39 is 6.04 Å². The smallest absolute Gasteiger partial charge is 0.252 e. The van der Waals surface area contributed by atoms with Crippen LogP contribution in [0.5, 0.6) is 0 Å². The number of carbonyl (C=O) groups excluding carboxylic acids is 2. The third-order valence-electron chi connectivity index (χ3n) is 3.70. The van der Waals surface area contributed by atoms with Gasteiger partial charge in [-0.1, -0.05) is 32.0 Å². The Morgan fingerprint density at radius 3 is 2.32 bits per heavy atom. The van der Waals surface area contributed by atoms with Crippen LogP contribution in [0.4, 0.5) is 0 Å². The van der Waals surface area contributed by atoms with Crippen LogP contribution < -0.4 is 16.0 Å². The van der Waals surface area contributed by atoms with Gasteiger partial charge in [-0.05, 0) is 38.4 Å². The van der Waals surface area contributed by atoms with Crippen LogP contribution >= 0.6 is 0 Å². The molecule has 1 rings (SSSR count). The molecule has 0 aliphatic carbocycles. The highest BCUT2D eigenvalue weighted by molar-refractivity contribution is 5.98. The summed E-state index contributed by atoms with van der Waals surface area (Å²) in [6.07, 6.45) is 0. The van der Waals surface area contributed by atoms with E-state index in [1.54, 1.807) is 6.07 Å². The van der Waals surface area contributed by atoms with Crippen LogP contribution in [0.25, 0.3) is 0 Å².